The number of benzene rings is 1. The van der Waals surface area contributed by atoms with Crippen LogP contribution in [-0.2, 0) is 0 Å². The van der Waals surface area contributed by atoms with E-state index in [0.29, 0.717) is 10.3 Å². The van der Waals surface area contributed by atoms with Crippen LogP contribution in [-0.4, -0.2) is 16.5 Å². The summed E-state index contributed by atoms with van der Waals surface area (Å²) >= 11 is 5.53. The molecule has 0 spiro atoms. The molecule has 19 heavy (non-hydrogen) atoms. The molecule has 2 aromatic rings. The molecule has 3 nitrogen and oxygen atoms in total. The quantitative estimate of drug-likeness (QED) is 0.720. The average Bonchev–Trinajstić information content (AvgIpc) is 2.38. The minimum Gasteiger partial charge on any atom is -0.369 e. The summed E-state index contributed by atoms with van der Waals surface area (Å²) in [5.41, 5.74) is 0.775. The van der Waals surface area contributed by atoms with Gasteiger partial charge in [0, 0.05) is 22.8 Å². The number of rotatable bonds is 4. The van der Waals surface area contributed by atoms with E-state index in [4.69, 9.17) is 0 Å². The SMILES string of the molecule is CCCNc1nc(-c2ccc(F)cc2Br)ncc1I. The summed E-state index contributed by atoms with van der Waals surface area (Å²) in [7, 11) is 0. The van der Waals surface area contributed by atoms with Crippen LogP contribution in [0.2, 0.25) is 0 Å². The molecule has 0 saturated carbocycles. The van der Waals surface area contributed by atoms with Gasteiger partial charge in [0.05, 0.1) is 3.57 Å². The van der Waals surface area contributed by atoms with Crippen molar-refractivity contribution in [3.63, 3.8) is 0 Å². The summed E-state index contributed by atoms with van der Waals surface area (Å²) in [6.45, 7) is 2.95. The third kappa shape index (κ3) is 3.62. The predicted octanol–water partition coefficient (Wildman–Crippen LogP) is 4.47. The fourth-order valence-corrected chi connectivity index (χ4v) is 2.51. The van der Waals surface area contributed by atoms with E-state index in [2.05, 4.69) is 60.7 Å². The number of nitrogens with one attached hydrogen (secondary N) is 1. The Balaban J connectivity index is 2.39. The first-order valence-corrected chi connectivity index (χ1v) is 7.71. The second-order valence-electron chi connectivity index (χ2n) is 3.94. The fourth-order valence-electron chi connectivity index (χ4n) is 1.54. The summed E-state index contributed by atoms with van der Waals surface area (Å²) in [6.07, 6.45) is 2.78. The molecule has 0 bridgehead atoms. The second-order valence-corrected chi connectivity index (χ2v) is 5.96. The number of aromatic nitrogens is 2. The molecule has 100 valence electrons. The molecule has 0 saturated heterocycles. The van der Waals surface area contributed by atoms with Crippen LogP contribution in [0.4, 0.5) is 10.2 Å². The predicted molar refractivity (Wildman–Crippen MR) is 86.6 cm³/mol. The van der Waals surface area contributed by atoms with Gasteiger partial charge in [0.2, 0.25) is 0 Å². The molecular weight excluding hydrogens is 424 g/mol. The van der Waals surface area contributed by atoms with E-state index in [1.165, 1.54) is 12.1 Å². The summed E-state index contributed by atoms with van der Waals surface area (Å²) in [6, 6.07) is 4.49. The van der Waals surface area contributed by atoms with Crippen molar-refractivity contribution >= 4 is 44.3 Å². The molecule has 0 fully saturated rings. The summed E-state index contributed by atoms with van der Waals surface area (Å²) in [5, 5.41) is 3.26. The van der Waals surface area contributed by atoms with Crippen molar-refractivity contribution in [3.8, 4) is 11.4 Å². The van der Waals surface area contributed by atoms with E-state index in [0.717, 1.165) is 27.9 Å². The number of hydrogen-bond donors (Lipinski definition) is 1. The zero-order valence-corrected chi connectivity index (χ0v) is 14.0. The van der Waals surface area contributed by atoms with Crippen molar-refractivity contribution < 1.29 is 4.39 Å². The van der Waals surface area contributed by atoms with Crippen LogP contribution in [0, 0.1) is 9.39 Å². The zero-order chi connectivity index (χ0) is 13.8. The number of nitrogens with zero attached hydrogens (tertiary/aromatic N) is 2. The van der Waals surface area contributed by atoms with Crippen LogP contribution in [0.25, 0.3) is 11.4 Å². The molecule has 1 aromatic heterocycles. The molecule has 1 heterocycles. The molecule has 1 aromatic carbocycles. The highest BCUT2D eigenvalue weighted by Crippen LogP contribution is 2.28. The van der Waals surface area contributed by atoms with E-state index >= 15 is 0 Å². The Morgan fingerprint density at radius 3 is 2.89 bits per heavy atom. The van der Waals surface area contributed by atoms with Gasteiger partial charge in [0.25, 0.3) is 0 Å². The second kappa shape index (κ2) is 6.60. The molecule has 0 amide bonds. The summed E-state index contributed by atoms with van der Waals surface area (Å²) < 4.78 is 14.7. The van der Waals surface area contributed by atoms with E-state index < -0.39 is 0 Å². The van der Waals surface area contributed by atoms with Crippen LogP contribution < -0.4 is 5.32 Å². The van der Waals surface area contributed by atoms with Gasteiger partial charge in [-0.25, -0.2) is 14.4 Å². The van der Waals surface area contributed by atoms with Gasteiger partial charge in [-0.2, -0.15) is 0 Å². The molecule has 0 aliphatic carbocycles. The van der Waals surface area contributed by atoms with Crippen molar-refractivity contribution in [2.24, 2.45) is 0 Å². The van der Waals surface area contributed by atoms with Crippen molar-refractivity contribution in [2.75, 3.05) is 11.9 Å². The molecule has 0 radical (unpaired) electrons. The van der Waals surface area contributed by atoms with Crippen LogP contribution in [0.5, 0.6) is 0 Å². The molecule has 0 atom stereocenters. The van der Waals surface area contributed by atoms with E-state index in [1.807, 2.05) is 0 Å². The Morgan fingerprint density at radius 1 is 1.42 bits per heavy atom. The topological polar surface area (TPSA) is 37.8 Å². The van der Waals surface area contributed by atoms with Gasteiger partial charge in [0.1, 0.15) is 11.6 Å². The van der Waals surface area contributed by atoms with Gasteiger partial charge in [-0.15, -0.1) is 0 Å². The van der Waals surface area contributed by atoms with Crippen molar-refractivity contribution in [2.45, 2.75) is 13.3 Å². The first kappa shape index (κ1) is 14.6. The van der Waals surface area contributed by atoms with E-state index in [-0.39, 0.29) is 5.82 Å². The van der Waals surface area contributed by atoms with Crippen LogP contribution in [0.15, 0.2) is 28.9 Å². The Kier molecular flexibility index (Phi) is 5.09. The monoisotopic (exact) mass is 435 g/mol. The number of halogens is 3. The minimum absolute atomic E-state index is 0.287. The van der Waals surface area contributed by atoms with E-state index in [9.17, 15) is 4.39 Å². The Hall–Kier alpha value is -0.760. The maximum atomic E-state index is 13.1. The zero-order valence-electron chi connectivity index (χ0n) is 10.3. The maximum absolute atomic E-state index is 13.1. The smallest absolute Gasteiger partial charge is 0.162 e. The normalized spacial score (nSPS) is 10.5. The van der Waals surface area contributed by atoms with Gasteiger partial charge >= 0.3 is 0 Å². The lowest BCUT2D eigenvalue weighted by molar-refractivity contribution is 0.627. The third-order valence-corrected chi connectivity index (χ3v) is 3.90. The largest absolute Gasteiger partial charge is 0.369 e. The molecule has 6 heteroatoms. The molecular formula is C13H12BrFIN3. The summed E-state index contributed by atoms with van der Waals surface area (Å²) in [4.78, 5) is 8.79. The lowest BCUT2D eigenvalue weighted by Gasteiger charge is -2.09. The molecule has 0 aliphatic heterocycles. The van der Waals surface area contributed by atoms with Crippen LogP contribution in [0.3, 0.4) is 0 Å². The lowest BCUT2D eigenvalue weighted by atomic mass is 10.2. The van der Waals surface area contributed by atoms with Gasteiger partial charge in [-0.1, -0.05) is 6.92 Å². The van der Waals surface area contributed by atoms with Gasteiger partial charge in [-0.3, -0.25) is 0 Å². The van der Waals surface area contributed by atoms with Crippen molar-refractivity contribution in [1.29, 1.82) is 0 Å². The Morgan fingerprint density at radius 2 is 2.21 bits per heavy atom. The highest BCUT2D eigenvalue weighted by atomic mass is 127. The number of anilines is 1. The maximum Gasteiger partial charge on any atom is 0.162 e. The third-order valence-electron chi connectivity index (χ3n) is 2.46. The Labute approximate surface area is 133 Å². The minimum atomic E-state index is -0.287. The molecule has 0 unspecified atom stereocenters. The van der Waals surface area contributed by atoms with E-state index in [1.54, 1.807) is 12.3 Å². The standard InChI is InChI=1S/C13H12BrFIN3/c1-2-5-17-13-11(16)7-18-12(19-13)9-4-3-8(15)6-10(9)14/h3-4,6-7H,2,5H2,1H3,(H,17,18,19). The first-order valence-electron chi connectivity index (χ1n) is 5.83. The first-order chi connectivity index (χ1) is 9.11. The number of hydrogen-bond acceptors (Lipinski definition) is 3. The van der Waals surface area contributed by atoms with Gasteiger partial charge in [0.15, 0.2) is 5.82 Å². The highest BCUT2D eigenvalue weighted by Gasteiger charge is 2.10. The highest BCUT2D eigenvalue weighted by molar-refractivity contribution is 14.1. The van der Waals surface area contributed by atoms with Crippen molar-refractivity contribution in [3.05, 3.63) is 38.3 Å². The summed E-state index contributed by atoms with van der Waals surface area (Å²) in [5.74, 6) is 1.10. The molecule has 0 aliphatic rings. The molecule has 1 N–H and O–H groups in total. The van der Waals surface area contributed by atoms with Gasteiger partial charge < -0.3 is 5.32 Å². The average molecular weight is 436 g/mol. The van der Waals surface area contributed by atoms with Crippen molar-refractivity contribution in [1.82, 2.24) is 9.97 Å². The molecule has 2 rings (SSSR count). The Bertz CT molecular complexity index is 592. The lowest BCUT2D eigenvalue weighted by Crippen LogP contribution is -2.05. The van der Waals surface area contributed by atoms with Gasteiger partial charge in [-0.05, 0) is 63.1 Å². The fraction of sp³-hybridized carbons (Fsp3) is 0.231. The van der Waals surface area contributed by atoms with Crippen LogP contribution >= 0.6 is 38.5 Å². The van der Waals surface area contributed by atoms with Crippen LogP contribution in [0.1, 0.15) is 13.3 Å².